The molecule has 9 heteroatoms. The Balaban J connectivity index is 1.31. The van der Waals surface area contributed by atoms with Crippen molar-refractivity contribution in [1.29, 1.82) is 0 Å². The molecule has 9 nitrogen and oxygen atoms in total. The van der Waals surface area contributed by atoms with Crippen molar-refractivity contribution in [3.63, 3.8) is 0 Å². The number of aromatic nitrogens is 4. The number of carbonyl (C=O) groups is 1. The minimum absolute atomic E-state index is 0.0778. The van der Waals surface area contributed by atoms with Crippen LogP contribution >= 0.6 is 0 Å². The number of likely N-dealkylation sites (tertiary alicyclic amines) is 1. The third-order valence-electron chi connectivity index (χ3n) is 6.41. The summed E-state index contributed by atoms with van der Waals surface area (Å²) in [6.45, 7) is 1.28. The molecule has 1 saturated heterocycles. The smallest absolute Gasteiger partial charge is 0.264 e. The van der Waals surface area contributed by atoms with E-state index in [4.69, 9.17) is 5.73 Å². The van der Waals surface area contributed by atoms with Crippen LogP contribution in [-0.4, -0.2) is 53.9 Å². The van der Waals surface area contributed by atoms with Gasteiger partial charge in [-0.2, -0.15) is 5.10 Å². The number of benzene rings is 2. The van der Waals surface area contributed by atoms with Gasteiger partial charge in [0.15, 0.2) is 5.65 Å². The van der Waals surface area contributed by atoms with Crippen LogP contribution in [0.4, 0.5) is 0 Å². The zero-order valence-electron chi connectivity index (χ0n) is 18.7. The van der Waals surface area contributed by atoms with Gasteiger partial charge >= 0.3 is 0 Å². The second-order valence-corrected chi connectivity index (χ2v) is 8.73. The van der Waals surface area contributed by atoms with Crippen molar-refractivity contribution in [2.75, 3.05) is 13.1 Å². The predicted octanol–water partition coefficient (Wildman–Crippen LogP) is 1.71. The lowest BCUT2D eigenvalue weighted by molar-refractivity contribution is -0.0299. The predicted molar refractivity (Wildman–Crippen MR) is 128 cm³/mol. The minimum atomic E-state index is -1.11. The van der Waals surface area contributed by atoms with Crippen LogP contribution in [0.2, 0.25) is 0 Å². The largest absolute Gasteiger partial charge is 0.388 e. The van der Waals surface area contributed by atoms with Crippen molar-refractivity contribution in [2.24, 2.45) is 5.73 Å². The van der Waals surface area contributed by atoms with Gasteiger partial charge in [0.25, 0.3) is 11.5 Å². The molecule has 34 heavy (non-hydrogen) atoms. The maximum absolute atomic E-state index is 13.1. The first-order chi connectivity index (χ1) is 16.5. The Morgan fingerprint density at radius 2 is 1.85 bits per heavy atom. The van der Waals surface area contributed by atoms with E-state index in [1.54, 1.807) is 21.7 Å². The molecule has 0 radical (unpaired) electrons. The second kappa shape index (κ2) is 8.85. The summed E-state index contributed by atoms with van der Waals surface area (Å²) in [6.07, 6.45) is 3.70. The van der Waals surface area contributed by atoms with Crippen molar-refractivity contribution in [3.8, 4) is 5.69 Å². The summed E-state index contributed by atoms with van der Waals surface area (Å²) in [4.78, 5) is 32.2. The SMILES string of the molecule is NCc1cccc(C(=O)N2CCC(O)(Cn3cnc4c(cnn4-c4ccccc4)c3=O)CC2)c1. The Morgan fingerprint density at radius 3 is 2.59 bits per heavy atom. The lowest BCUT2D eigenvalue weighted by atomic mass is 9.90. The molecule has 0 spiro atoms. The normalized spacial score (nSPS) is 15.5. The van der Waals surface area contributed by atoms with E-state index in [-0.39, 0.29) is 18.0 Å². The summed E-state index contributed by atoms with van der Waals surface area (Å²) in [6, 6.07) is 16.8. The van der Waals surface area contributed by atoms with Crippen LogP contribution in [0.5, 0.6) is 0 Å². The van der Waals surface area contributed by atoms with Gasteiger partial charge in [0.2, 0.25) is 0 Å². The Labute approximate surface area is 196 Å². The minimum Gasteiger partial charge on any atom is -0.388 e. The molecule has 0 bridgehead atoms. The molecule has 2 aromatic heterocycles. The summed E-state index contributed by atoms with van der Waals surface area (Å²) in [5.74, 6) is -0.0778. The van der Waals surface area contributed by atoms with Gasteiger partial charge in [-0.15, -0.1) is 0 Å². The van der Waals surface area contributed by atoms with Gasteiger partial charge < -0.3 is 15.7 Å². The van der Waals surface area contributed by atoms with E-state index in [0.717, 1.165) is 11.3 Å². The van der Waals surface area contributed by atoms with Crippen molar-refractivity contribution >= 4 is 16.9 Å². The number of piperidine rings is 1. The Kier molecular flexibility index (Phi) is 5.72. The number of fused-ring (bicyclic) bond motifs is 1. The van der Waals surface area contributed by atoms with E-state index >= 15 is 0 Å². The van der Waals surface area contributed by atoms with E-state index in [9.17, 15) is 14.7 Å². The van der Waals surface area contributed by atoms with E-state index in [1.165, 1.54) is 17.1 Å². The van der Waals surface area contributed by atoms with Gasteiger partial charge in [-0.05, 0) is 42.7 Å². The van der Waals surface area contributed by atoms with E-state index in [1.807, 2.05) is 42.5 Å². The number of nitrogens with zero attached hydrogens (tertiary/aromatic N) is 5. The molecule has 0 atom stereocenters. The van der Waals surface area contributed by atoms with Gasteiger partial charge in [0.05, 0.1) is 24.0 Å². The molecular weight excluding hydrogens is 432 g/mol. The molecule has 4 aromatic rings. The zero-order valence-corrected chi connectivity index (χ0v) is 18.7. The first kappa shape index (κ1) is 22.0. The highest BCUT2D eigenvalue weighted by Crippen LogP contribution is 2.25. The van der Waals surface area contributed by atoms with Crippen LogP contribution in [0.3, 0.4) is 0 Å². The highest BCUT2D eigenvalue weighted by molar-refractivity contribution is 5.94. The Hall–Kier alpha value is -3.82. The number of nitrogens with two attached hydrogens (primary N) is 1. The monoisotopic (exact) mass is 458 g/mol. The fraction of sp³-hybridized carbons (Fsp3) is 0.280. The third-order valence-corrected chi connectivity index (χ3v) is 6.41. The molecule has 1 amide bonds. The number of amides is 1. The van der Waals surface area contributed by atoms with Crippen LogP contribution < -0.4 is 11.3 Å². The summed E-state index contributed by atoms with van der Waals surface area (Å²) in [7, 11) is 0. The quantitative estimate of drug-likeness (QED) is 0.470. The van der Waals surface area contributed by atoms with Crippen molar-refractivity contribution in [2.45, 2.75) is 31.5 Å². The average molecular weight is 459 g/mol. The molecule has 1 aliphatic rings. The van der Waals surface area contributed by atoms with Crippen LogP contribution in [0.1, 0.15) is 28.8 Å². The number of para-hydroxylation sites is 1. The van der Waals surface area contributed by atoms with Gasteiger partial charge in [0, 0.05) is 25.2 Å². The number of hydrogen-bond acceptors (Lipinski definition) is 6. The van der Waals surface area contributed by atoms with Gasteiger partial charge in [-0.3, -0.25) is 14.2 Å². The Morgan fingerprint density at radius 1 is 1.09 bits per heavy atom. The van der Waals surface area contributed by atoms with Gasteiger partial charge in [-0.1, -0.05) is 30.3 Å². The van der Waals surface area contributed by atoms with E-state index in [0.29, 0.717) is 49.1 Å². The molecule has 3 heterocycles. The molecule has 5 rings (SSSR count). The molecule has 1 aliphatic heterocycles. The number of hydrogen-bond donors (Lipinski definition) is 2. The highest BCUT2D eigenvalue weighted by Gasteiger charge is 2.35. The van der Waals surface area contributed by atoms with Crippen LogP contribution in [0, 0.1) is 0 Å². The van der Waals surface area contributed by atoms with Crippen LogP contribution in [0.25, 0.3) is 16.7 Å². The summed E-state index contributed by atoms with van der Waals surface area (Å²) in [5.41, 5.74) is 7.11. The molecule has 3 N–H and O–H groups in total. The van der Waals surface area contributed by atoms with Gasteiger partial charge in [-0.25, -0.2) is 9.67 Å². The summed E-state index contributed by atoms with van der Waals surface area (Å²) >= 11 is 0. The molecule has 1 fully saturated rings. The molecule has 0 saturated carbocycles. The first-order valence-electron chi connectivity index (χ1n) is 11.3. The second-order valence-electron chi connectivity index (χ2n) is 8.73. The fourth-order valence-electron chi connectivity index (χ4n) is 4.43. The fourth-order valence-corrected chi connectivity index (χ4v) is 4.43. The highest BCUT2D eigenvalue weighted by atomic mass is 16.3. The van der Waals surface area contributed by atoms with Crippen molar-refractivity contribution in [3.05, 3.63) is 88.6 Å². The first-order valence-corrected chi connectivity index (χ1v) is 11.3. The Bertz CT molecular complexity index is 1390. The topological polar surface area (TPSA) is 119 Å². The van der Waals surface area contributed by atoms with Crippen LogP contribution in [0.15, 0.2) is 71.9 Å². The van der Waals surface area contributed by atoms with Crippen molar-refractivity contribution in [1.82, 2.24) is 24.2 Å². The molecule has 174 valence electrons. The molecular formula is C25H26N6O3. The van der Waals surface area contributed by atoms with Crippen LogP contribution in [-0.2, 0) is 13.1 Å². The van der Waals surface area contributed by atoms with E-state index in [2.05, 4.69) is 10.1 Å². The molecule has 0 unspecified atom stereocenters. The third kappa shape index (κ3) is 4.11. The lowest BCUT2D eigenvalue weighted by Crippen LogP contribution is -2.49. The zero-order chi connectivity index (χ0) is 23.7. The maximum Gasteiger partial charge on any atom is 0.264 e. The van der Waals surface area contributed by atoms with Gasteiger partial charge in [0.1, 0.15) is 11.7 Å². The van der Waals surface area contributed by atoms with E-state index < -0.39 is 5.60 Å². The number of rotatable bonds is 5. The maximum atomic E-state index is 13.1. The average Bonchev–Trinajstić information content (AvgIpc) is 3.31. The molecule has 2 aromatic carbocycles. The van der Waals surface area contributed by atoms with Crippen molar-refractivity contribution < 1.29 is 9.90 Å². The summed E-state index contributed by atoms with van der Waals surface area (Å²) < 4.78 is 3.06. The summed E-state index contributed by atoms with van der Waals surface area (Å²) in [5, 5.41) is 15.9. The number of aliphatic hydroxyl groups is 1. The number of carbonyl (C=O) groups excluding carboxylic acids is 1. The lowest BCUT2D eigenvalue weighted by Gasteiger charge is -2.38. The standard InChI is InChI=1S/C25H26N6O3/c26-14-18-5-4-6-19(13-18)23(32)29-11-9-25(34,10-12-29)16-30-17-27-22-21(24(30)33)15-28-31(22)20-7-2-1-3-8-20/h1-8,13,15,17,34H,9-12,14,16,26H2. The molecule has 0 aliphatic carbocycles.